The molecule has 8 heteroatoms. The van der Waals surface area contributed by atoms with Crippen LogP contribution >= 0.6 is 0 Å². The highest BCUT2D eigenvalue weighted by Crippen LogP contribution is 2.48. The predicted molar refractivity (Wildman–Crippen MR) is 134 cm³/mol. The van der Waals surface area contributed by atoms with E-state index in [1.54, 1.807) is 49.6 Å². The Bertz CT molecular complexity index is 1250. The molecule has 0 radical (unpaired) electrons. The average Bonchev–Trinajstić information content (AvgIpc) is 3.43. The third kappa shape index (κ3) is 4.03. The van der Waals surface area contributed by atoms with Crippen LogP contribution in [0, 0.1) is 5.92 Å². The molecule has 36 heavy (non-hydrogen) atoms. The van der Waals surface area contributed by atoms with E-state index < -0.39 is 24.0 Å². The summed E-state index contributed by atoms with van der Waals surface area (Å²) in [6, 6.07) is 21.4. The van der Waals surface area contributed by atoms with Gasteiger partial charge in [-0.2, -0.15) is 0 Å². The molecule has 3 aromatic carbocycles. The maximum absolute atomic E-state index is 13.8. The summed E-state index contributed by atoms with van der Waals surface area (Å²) in [5, 5.41) is 1.66. The van der Waals surface area contributed by atoms with E-state index in [4.69, 9.17) is 19.0 Å². The van der Waals surface area contributed by atoms with Crippen LogP contribution in [0.25, 0.3) is 0 Å². The number of carbonyl (C=O) groups is 2. The number of hydroxylamine groups is 1. The number of imide groups is 1. The van der Waals surface area contributed by atoms with Gasteiger partial charge >= 0.3 is 0 Å². The van der Waals surface area contributed by atoms with E-state index in [1.165, 1.54) is 4.90 Å². The lowest BCUT2D eigenvalue weighted by Crippen LogP contribution is -2.37. The number of hydrogen-bond acceptors (Lipinski definition) is 7. The summed E-state index contributed by atoms with van der Waals surface area (Å²) in [5.41, 5.74) is 2.01. The van der Waals surface area contributed by atoms with E-state index in [0.717, 1.165) is 17.7 Å². The fraction of sp³-hybridized carbons (Fsp3) is 0.286. The summed E-state index contributed by atoms with van der Waals surface area (Å²) in [4.78, 5) is 34.7. The quantitative estimate of drug-likeness (QED) is 0.431. The molecule has 2 heterocycles. The minimum atomic E-state index is -0.952. The van der Waals surface area contributed by atoms with Crippen molar-refractivity contribution in [2.45, 2.75) is 25.5 Å². The largest absolute Gasteiger partial charge is 0.494 e. The van der Waals surface area contributed by atoms with Crippen molar-refractivity contribution in [3.63, 3.8) is 0 Å². The van der Waals surface area contributed by atoms with Gasteiger partial charge in [0.1, 0.15) is 11.7 Å². The van der Waals surface area contributed by atoms with Crippen LogP contribution in [0.5, 0.6) is 17.2 Å². The summed E-state index contributed by atoms with van der Waals surface area (Å²) in [6.45, 7) is 2.63. The first-order chi connectivity index (χ1) is 17.6. The molecule has 3 atom stereocenters. The summed E-state index contributed by atoms with van der Waals surface area (Å²) >= 11 is 0. The number of amides is 2. The van der Waals surface area contributed by atoms with Crippen LogP contribution in [0.3, 0.4) is 0 Å². The van der Waals surface area contributed by atoms with Gasteiger partial charge in [-0.25, -0.2) is 9.96 Å². The number of benzene rings is 3. The zero-order valence-corrected chi connectivity index (χ0v) is 20.4. The SMILES string of the molecule is CCCOc1ccc(N2C(=O)[C@@H]3[C@@H](c4ccc(OC)c(OC)c4)N(c4ccccc4)O[C@H]3C2=O)cc1. The topological polar surface area (TPSA) is 77.5 Å². The number of rotatable bonds is 8. The van der Waals surface area contributed by atoms with Crippen LogP contribution in [-0.2, 0) is 14.4 Å². The number of methoxy groups -OCH3 is 2. The molecular weight excluding hydrogens is 460 g/mol. The molecule has 186 valence electrons. The van der Waals surface area contributed by atoms with Gasteiger partial charge in [0, 0.05) is 0 Å². The van der Waals surface area contributed by atoms with Crippen LogP contribution in [0.2, 0.25) is 0 Å². The first kappa shape index (κ1) is 23.7. The van der Waals surface area contributed by atoms with Gasteiger partial charge in [0.15, 0.2) is 17.6 Å². The highest BCUT2D eigenvalue weighted by atomic mass is 16.7. The number of ether oxygens (including phenoxy) is 3. The lowest BCUT2D eigenvalue weighted by atomic mass is 9.90. The molecule has 0 unspecified atom stereocenters. The molecule has 3 aromatic rings. The summed E-state index contributed by atoms with van der Waals surface area (Å²) in [7, 11) is 3.13. The Morgan fingerprint density at radius 2 is 1.56 bits per heavy atom. The zero-order valence-electron chi connectivity index (χ0n) is 20.4. The normalized spacial score (nSPS) is 21.0. The smallest absolute Gasteiger partial charge is 0.266 e. The molecule has 2 amide bonds. The highest BCUT2D eigenvalue weighted by Gasteiger charge is 2.60. The van der Waals surface area contributed by atoms with E-state index in [9.17, 15) is 9.59 Å². The number of anilines is 2. The second kappa shape index (κ2) is 9.91. The van der Waals surface area contributed by atoms with Gasteiger partial charge in [-0.1, -0.05) is 31.2 Å². The molecule has 2 fully saturated rings. The monoisotopic (exact) mass is 488 g/mol. The Kier molecular flexibility index (Phi) is 6.52. The Labute approximate surface area is 209 Å². The lowest BCUT2D eigenvalue weighted by molar-refractivity contribution is -0.126. The molecule has 2 saturated heterocycles. The molecule has 0 aromatic heterocycles. The minimum Gasteiger partial charge on any atom is -0.494 e. The maximum Gasteiger partial charge on any atom is 0.266 e. The standard InChI is InChI=1S/C28H28N2O6/c1-4-16-35-21-13-11-19(12-14-21)29-27(31)24-25(18-10-15-22(33-2)23(17-18)34-3)30(36-26(24)28(29)32)20-8-6-5-7-9-20/h5-15,17,24-26H,4,16H2,1-3H3/t24-,25-,26-/m1/s1. The van der Waals surface area contributed by atoms with E-state index in [0.29, 0.717) is 29.5 Å². The van der Waals surface area contributed by atoms with Crippen molar-refractivity contribution in [3.8, 4) is 17.2 Å². The molecule has 0 N–H and O–H groups in total. The summed E-state index contributed by atoms with van der Waals surface area (Å²) < 4.78 is 16.5. The van der Waals surface area contributed by atoms with Gasteiger partial charge in [-0.3, -0.25) is 14.4 Å². The summed E-state index contributed by atoms with van der Waals surface area (Å²) in [5.74, 6) is 0.342. The van der Waals surface area contributed by atoms with Crippen molar-refractivity contribution in [3.05, 3.63) is 78.4 Å². The second-order valence-corrected chi connectivity index (χ2v) is 8.63. The molecule has 5 rings (SSSR count). The minimum absolute atomic E-state index is 0.314. The average molecular weight is 489 g/mol. The van der Waals surface area contributed by atoms with Gasteiger partial charge in [0.25, 0.3) is 5.91 Å². The fourth-order valence-corrected chi connectivity index (χ4v) is 4.75. The van der Waals surface area contributed by atoms with E-state index >= 15 is 0 Å². The molecule has 8 nitrogen and oxygen atoms in total. The Hall–Kier alpha value is -4.04. The van der Waals surface area contributed by atoms with E-state index in [-0.39, 0.29) is 5.91 Å². The maximum atomic E-state index is 13.8. The van der Waals surface area contributed by atoms with E-state index in [2.05, 4.69) is 0 Å². The molecule has 2 aliphatic rings. The van der Waals surface area contributed by atoms with Gasteiger partial charge in [-0.15, -0.1) is 0 Å². The molecular formula is C28H28N2O6. The molecule has 0 saturated carbocycles. The van der Waals surface area contributed by atoms with Gasteiger partial charge in [-0.05, 0) is 60.5 Å². The van der Waals surface area contributed by atoms with Gasteiger partial charge in [0.05, 0.1) is 38.2 Å². The van der Waals surface area contributed by atoms with Crippen LogP contribution < -0.4 is 24.2 Å². The lowest BCUT2D eigenvalue weighted by Gasteiger charge is -2.29. The third-order valence-electron chi connectivity index (χ3n) is 6.44. The van der Waals surface area contributed by atoms with Crippen LogP contribution in [0.15, 0.2) is 72.8 Å². The van der Waals surface area contributed by atoms with Crippen molar-refractivity contribution >= 4 is 23.2 Å². The second-order valence-electron chi connectivity index (χ2n) is 8.63. The van der Waals surface area contributed by atoms with Crippen molar-refractivity contribution in [2.24, 2.45) is 5.92 Å². The number of hydrogen-bond donors (Lipinski definition) is 0. The number of fused-ring (bicyclic) bond motifs is 1. The van der Waals surface area contributed by atoms with Gasteiger partial charge < -0.3 is 14.2 Å². The number of carbonyl (C=O) groups excluding carboxylic acids is 2. The van der Waals surface area contributed by atoms with Crippen molar-refractivity contribution < 1.29 is 28.6 Å². The number of nitrogens with zero attached hydrogens (tertiary/aromatic N) is 2. The first-order valence-electron chi connectivity index (χ1n) is 11.9. The Morgan fingerprint density at radius 3 is 2.22 bits per heavy atom. The third-order valence-corrected chi connectivity index (χ3v) is 6.44. The Morgan fingerprint density at radius 1 is 0.833 bits per heavy atom. The van der Waals surface area contributed by atoms with Crippen molar-refractivity contribution in [1.29, 1.82) is 0 Å². The van der Waals surface area contributed by atoms with Gasteiger partial charge in [0.2, 0.25) is 5.91 Å². The van der Waals surface area contributed by atoms with Crippen molar-refractivity contribution in [1.82, 2.24) is 0 Å². The number of para-hydroxylation sites is 1. The highest BCUT2D eigenvalue weighted by molar-refractivity contribution is 6.23. The van der Waals surface area contributed by atoms with Crippen molar-refractivity contribution in [2.75, 3.05) is 30.8 Å². The van der Waals surface area contributed by atoms with Crippen LogP contribution in [0.1, 0.15) is 24.9 Å². The first-order valence-corrected chi connectivity index (χ1v) is 11.9. The molecule has 2 aliphatic heterocycles. The predicted octanol–water partition coefficient (Wildman–Crippen LogP) is 4.54. The fourth-order valence-electron chi connectivity index (χ4n) is 4.75. The van der Waals surface area contributed by atoms with Crippen LogP contribution in [0.4, 0.5) is 11.4 Å². The molecule has 0 spiro atoms. The van der Waals surface area contributed by atoms with Crippen LogP contribution in [-0.4, -0.2) is 38.7 Å². The molecule has 0 bridgehead atoms. The molecule has 0 aliphatic carbocycles. The Balaban J connectivity index is 1.52. The zero-order chi connectivity index (χ0) is 25.2. The summed E-state index contributed by atoms with van der Waals surface area (Å²) in [6.07, 6.45) is -0.0621. The van der Waals surface area contributed by atoms with E-state index in [1.807, 2.05) is 49.4 Å².